The molecule has 0 radical (unpaired) electrons. The van der Waals surface area contributed by atoms with Gasteiger partial charge in [0.1, 0.15) is 5.75 Å². The molecule has 0 aliphatic heterocycles. The molecule has 8 heteroatoms. The third kappa shape index (κ3) is 5.46. The first-order valence-corrected chi connectivity index (χ1v) is 9.10. The summed E-state index contributed by atoms with van der Waals surface area (Å²) >= 11 is 7.82. The van der Waals surface area contributed by atoms with Crippen molar-refractivity contribution in [3.05, 3.63) is 52.5 Å². The molecule has 1 heterocycles. The van der Waals surface area contributed by atoms with Crippen LogP contribution in [0.15, 0.2) is 47.5 Å². The number of para-hydroxylation sites is 1. The number of hydrogen-bond donors (Lipinski definition) is 2. The van der Waals surface area contributed by atoms with E-state index in [-0.39, 0.29) is 24.0 Å². The van der Waals surface area contributed by atoms with Crippen LogP contribution in [0.1, 0.15) is 11.4 Å². The van der Waals surface area contributed by atoms with Gasteiger partial charge in [0, 0.05) is 18.7 Å². The zero-order chi connectivity index (χ0) is 17.6. The summed E-state index contributed by atoms with van der Waals surface area (Å²) in [7, 11) is 1.58. The Bertz CT molecular complexity index is 867. The number of aromatic nitrogens is 1. The number of aliphatic imine (C=N–C) groups is 1. The predicted molar refractivity (Wildman–Crippen MR) is 121 cm³/mol. The van der Waals surface area contributed by atoms with Crippen LogP contribution in [0.3, 0.4) is 0 Å². The molecule has 0 aliphatic rings. The van der Waals surface area contributed by atoms with Crippen LogP contribution in [0.5, 0.6) is 5.75 Å². The van der Waals surface area contributed by atoms with Gasteiger partial charge in [-0.2, -0.15) is 0 Å². The number of guanidine groups is 1. The second-order valence-corrected chi connectivity index (χ2v) is 6.94. The van der Waals surface area contributed by atoms with E-state index in [2.05, 4.69) is 21.4 Å². The highest BCUT2D eigenvalue weighted by Crippen LogP contribution is 2.27. The van der Waals surface area contributed by atoms with E-state index in [1.54, 1.807) is 30.6 Å². The number of anilines is 1. The molecule has 0 spiro atoms. The number of nitrogens with zero attached hydrogens (tertiary/aromatic N) is 2. The summed E-state index contributed by atoms with van der Waals surface area (Å²) in [5.74, 6) is 0.990. The normalized spacial score (nSPS) is 11.2. The summed E-state index contributed by atoms with van der Waals surface area (Å²) in [6.07, 6.45) is 1.79. The highest BCUT2D eigenvalue weighted by atomic mass is 127. The van der Waals surface area contributed by atoms with Crippen LogP contribution in [0.2, 0.25) is 5.02 Å². The fourth-order valence-electron chi connectivity index (χ4n) is 2.39. The van der Waals surface area contributed by atoms with Gasteiger partial charge in [-0.3, -0.25) is 4.99 Å². The Labute approximate surface area is 178 Å². The van der Waals surface area contributed by atoms with Crippen molar-refractivity contribution >= 4 is 68.8 Å². The Hall–Kier alpha value is -1.58. The molecule has 3 rings (SSSR count). The molecule has 138 valence electrons. The molecule has 5 nitrogen and oxygen atoms in total. The lowest BCUT2D eigenvalue weighted by molar-refractivity contribution is 0.415. The molecular weight excluding hydrogens is 483 g/mol. The van der Waals surface area contributed by atoms with Gasteiger partial charge in [-0.1, -0.05) is 23.7 Å². The number of aryl methyl sites for hydroxylation is 1. The van der Waals surface area contributed by atoms with Crippen LogP contribution in [0, 0.1) is 0 Å². The number of methoxy groups -OCH3 is 1. The molecule has 0 amide bonds. The van der Waals surface area contributed by atoms with Crippen LogP contribution in [-0.4, -0.2) is 24.6 Å². The smallest absolute Gasteiger partial charge is 0.193 e. The van der Waals surface area contributed by atoms with Gasteiger partial charge in [0.2, 0.25) is 0 Å². The molecule has 26 heavy (non-hydrogen) atoms. The minimum absolute atomic E-state index is 0. The summed E-state index contributed by atoms with van der Waals surface area (Å²) < 4.78 is 6.34. The first-order chi connectivity index (χ1) is 12.2. The highest BCUT2D eigenvalue weighted by Gasteiger charge is 2.04. The van der Waals surface area contributed by atoms with Crippen LogP contribution in [-0.2, 0) is 6.42 Å². The Kier molecular flexibility index (Phi) is 7.92. The molecule has 0 atom stereocenters. The molecule has 0 unspecified atom stereocenters. The molecule has 0 saturated heterocycles. The number of benzene rings is 2. The van der Waals surface area contributed by atoms with Gasteiger partial charge in [-0.25, -0.2) is 4.98 Å². The van der Waals surface area contributed by atoms with Gasteiger partial charge in [0.15, 0.2) is 5.96 Å². The quantitative estimate of drug-likeness (QED) is 0.217. The van der Waals surface area contributed by atoms with Crippen molar-refractivity contribution in [3.63, 3.8) is 0 Å². The molecule has 3 N–H and O–H groups in total. The number of ether oxygens (including phenoxy) is 1. The molecule has 2 aromatic carbocycles. The van der Waals surface area contributed by atoms with Crippen LogP contribution >= 0.6 is 46.9 Å². The summed E-state index contributed by atoms with van der Waals surface area (Å²) in [4.78, 5) is 8.97. The molecule has 1 aromatic heterocycles. The summed E-state index contributed by atoms with van der Waals surface area (Å²) in [6.45, 7) is 0.638. The Morgan fingerprint density at radius 2 is 2.12 bits per heavy atom. The van der Waals surface area contributed by atoms with Crippen LogP contribution in [0.4, 0.5) is 5.69 Å². The number of hydrogen-bond acceptors (Lipinski definition) is 4. The fourth-order valence-corrected chi connectivity index (χ4v) is 3.66. The van der Waals surface area contributed by atoms with Crippen molar-refractivity contribution in [2.24, 2.45) is 10.7 Å². The van der Waals surface area contributed by atoms with Gasteiger partial charge in [-0.15, -0.1) is 35.3 Å². The Morgan fingerprint density at radius 1 is 1.31 bits per heavy atom. The van der Waals surface area contributed by atoms with E-state index in [4.69, 9.17) is 22.1 Å². The second-order valence-electron chi connectivity index (χ2n) is 5.42. The monoisotopic (exact) mass is 502 g/mol. The average Bonchev–Trinajstić information content (AvgIpc) is 3.02. The van der Waals surface area contributed by atoms with Crippen LogP contribution < -0.4 is 15.8 Å². The topological polar surface area (TPSA) is 72.5 Å². The molecule has 3 aromatic rings. The lowest BCUT2D eigenvalue weighted by Crippen LogP contribution is -2.22. The van der Waals surface area contributed by atoms with Gasteiger partial charge < -0.3 is 15.8 Å². The maximum Gasteiger partial charge on any atom is 0.193 e. The third-order valence-electron chi connectivity index (χ3n) is 3.59. The first kappa shape index (κ1) is 20.7. The molecular formula is C18H20ClIN4OS. The molecule has 0 bridgehead atoms. The van der Waals surface area contributed by atoms with E-state index < -0.39 is 0 Å². The van der Waals surface area contributed by atoms with Crippen molar-refractivity contribution < 1.29 is 4.74 Å². The van der Waals surface area contributed by atoms with E-state index in [9.17, 15) is 0 Å². The number of rotatable bonds is 6. The zero-order valence-corrected chi connectivity index (χ0v) is 18.1. The largest absolute Gasteiger partial charge is 0.495 e. The lowest BCUT2D eigenvalue weighted by atomic mass is 10.3. The van der Waals surface area contributed by atoms with Crippen molar-refractivity contribution in [2.45, 2.75) is 12.8 Å². The Morgan fingerprint density at radius 3 is 2.85 bits per heavy atom. The Balaban J connectivity index is 0.00000243. The highest BCUT2D eigenvalue weighted by molar-refractivity contribution is 14.0. The van der Waals surface area contributed by atoms with E-state index >= 15 is 0 Å². The number of nitrogens with two attached hydrogens (primary N) is 1. The van der Waals surface area contributed by atoms with E-state index in [0.717, 1.165) is 29.1 Å². The van der Waals surface area contributed by atoms with Crippen molar-refractivity contribution in [1.29, 1.82) is 0 Å². The fraction of sp³-hybridized carbons (Fsp3) is 0.222. The van der Waals surface area contributed by atoms with Gasteiger partial charge in [0.05, 0.1) is 27.4 Å². The minimum atomic E-state index is 0. The summed E-state index contributed by atoms with van der Waals surface area (Å²) in [6, 6.07) is 13.6. The molecule has 0 fully saturated rings. The predicted octanol–water partition coefficient (Wildman–Crippen LogP) is 4.94. The van der Waals surface area contributed by atoms with Crippen molar-refractivity contribution in [3.8, 4) is 5.75 Å². The zero-order valence-electron chi connectivity index (χ0n) is 14.2. The number of halogens is 2. The lowest BCUT2D eigenvalue weighted by Gasteiger charge is -2.08. The van der Waals surface area contributed by atoms with E-state index in [1.807, 2.05) is 24.3 Å². The van der Waals surface area contributed by atoms with Crippen LogP contribution in [0.25, 0.3) is 10.2 Å². The van der Waals surface area contributed by atoms with Gasteiger partial charge in [-0.05, 0) is 36.8 Å². The number of fused-ring (bicyclic) bond motifs is 1. The summed E-state index contributed by atoms with van der Waals surface area (Å²) in [5.41, 5.74) is 7.75. The number of thiazole rings is 1. The van der Waals surface area contributed by atoms with E-state index in [0.29, 0.717) is 23.3 Å². The maximum atomic E-state index is 6.09. The van der Waals surface area contributed by atoms with Gasteiger partial charge in [0.25, 0.3) is 0 Å². The van der Waals surface area contributed by atoms with Gasteiger partial charge >= 0.3 is 0 Å². The van der Waals surface area contributed by atoms with E-state index in [1.165, 1.54) is 4.70 Å². The third-order valence-corrected chi connectivity index (χ3v) is 4.98. The van der Waals surface area contributed by atoms with Crippen molar-refractivity contribution in [1.82, 2.24) is 4.98 Å². The summed E-state index contributed by atoms with van der Waals surface area (Å²) in [5, 5.41) is 4.68. The first-order valence-electron chi connectivity index (χ1n) is 7.90. The second kappa shape index (κ2) is 9.94. The SMILES string of the molecule is COc1ccc(NC(N)=NCCCc2nc3ccccc3s2)cc1Cl.I. The maximum absolute atomic E-state index is 6.09. The standard InChI is InChI=1S/C18H19ClN4OS.HI/c1-24-15-9-8-12(11-13(15)19)22-18(20)21-10-4-7-17-23-14-5-2-3-6-16(14)25-17;/h2-3,5-6,8-9,11H,4,7,10H2,1H3,(H3,20,21,22);1H. The average molecular weight is 503 g/mol. The van der Waals surface area contributed by atoms with Crippen molar-refractivity contribution in [2.75, 3.05) is 19.0 Å². The number of nitrogens with one attached hydrogen (secondary N) is 1. The molecule has 0 saturated carbocycles. The molecule has 0 aliphatic carbocycles. The minimum Gasteiger partial charge on any atom is -0.495 e.